The summed E-state index contributed by atoms with van der Waals surface area (Å²) >= 11 is 2.36. The van der Waals surface area contributed by atoms with E-state index in [1.807, 2.05) is 0 Å². The number of β-lactam (4-membered cyclic amide) rings is 1. The van der Waals surface area contributed by atoms with Gasteiger partial charge >= 0.3 is 12.1 Å². The van der Waals surface area contributed by atoms with Crippen LogP contribution < -0.4 is 16.4 Å². The third-order valence-electron chi connectivity index (χ3n) is 5.00. The van der Waals surface area contributed by atoms with E-state index in [1.54, 1.807) is 13.8 Å². The van der Waals surface area contributed by atoms with Crippen molar-refractivity contribution in [1.29, 1.82) is 0 Å². The second kappa shape index (κ2) is 12.9. The van der Waals surface area contributed by atoms with Crippen LogP contribution in [0.5, 0.6) is 0 Å². The molecule has 4 atom stereocenters. The molecular weight excluding hydrogens is 556 g/mol. The number of nitrogens with two attached hydrogens (primary N) is 1. The molecule has 1 fully saturated rings. The molecule has 1 unspecified atom stereocenters. The summed E-state index contributed by atoms with van der Waals surface area (Å²) in [5.41, 5.74) is 5.38. The van der Waals surface area contributed by atoms with E-state index >= 15 is 0 Å². The Bertz CT molecular complexity index is 1200. The summed E-state index contributed by atoms with van der Waals surface area (Å²) in [5, 5.41) is 9.91. The second-order valence-electron chi connectivity index (χ2n) is 8.42. The summed E-state index contributed by atoms with van der Waals surface area (Å²) in [4.78, 5) is 72.2. The van der Waals surface area contributed by atoms with E-state index in [0.717, 1.165) is 11.3 Å². The predicted octanol–water partition coefficient (Wildman–Crippen LogP) is 0.514. The van der Waals surface area contributed by atoms with Crippen LogP contribution in [0.25, 0.3) is 0 Å². The minimum Gasteiger partial charge on any atom is -0.431 e. The molecule has 0 radical (unpaired) electrons. The lowest BCUT2D eigenvalue weighted by Gasteiger charge is -2.48. The largest absolute Gasteiger partial charge is 0.511 e. The standard InChI is InChI=1S/C22H28N6O9S2/c1-9(2)35-22(33)37-11(4)36-20(32)13-6-7-38-19-15(18(31)28(13)19)25-17(30)14(27-34-5)12-8-39-21(24-12)26-16(29)10(3)23/h6,8-11,15,19H,7,23H2,1-5H3,(H,25,30)(H,24,26,29)/b27-14-/t10-,11?,15+,19+/m0/s1. The van der Waals surface area contributed by atoms with Crippen molar-refractivity contribution in [1.82, 2.24) is 15.2 Å². The first kappa shape index (κ1) is 29.9. The molecule has 212 valence electrons. The number of thioether (sulfide) groups is 1. The van der Waals surface area contributed by atoms with Crippen molar-refractivity contribution >= 4 is 63.8 Å². The number of fused-ring (bicyclic) bond motifs is 1. The molecule has 0 aliphatic carbocycles. The summed E-state index contributed by atoms with van der Waals surface area (Å²) in [5.74, 6) is -2.30. The van der Waals surface area contributed by atoms with Crippen LogP contribution >= 0.6 is 23.1 Å². The zero-order valence-corrected chi connectivity index (χ0v) is 23.3. The van der Waals surface area contributed by atoms with Gasteiger partial charge in [0.2, 0.25) is 12.2 Å². The van der Waals surface area contributed by atoms with Crippen LogP contribution in [0.4, 0.5) is 9.93 Å². The number of aromatic nitrogens is 1. The Morgan fingerprint density at radius 1 is 1.18 bits per heavy atom. The normalized spacial score (nSPS) is 20.1. The molecule has 3 heterocycles. The van der Waals surface area contributed by atoms with E-state index in [1.165, 1.54) is 49.1 Å². The molecule has 4 N–H and O–H groups in total. The minimum absolute atomic E-state index is 0.0401. The molecule has 3 amide bonds. The molecule has 1 aromatic rings. The Morgan fingerprint density at radius 2 is 1.90 bits per heavy atom. The zero-order valence-electron chi connectivity index (χ0n) is 21.7. The van der Waals surface area contributed by atoms with Crippen LogP contribution in [-0.4, -0.2) is 88.2 Å². The number of nitrogens with one attached hydrogen (secondary N) is 2. The van der Waals surface area contributed by atoms with Gasteiger partial charge in [0, 0.05) is 18.1 Å². The zero-order chi connectivity index (χ0) is 28.9. The molecule has 0 spiro atoms. The number of amides is 3. The number of anilines is 1. The molecule has 2 aliphatic rings. The van der Waals surface area contributed by atoms with Crippen molar-refractivity contribution in [2.75, 3.05) is 18.2 Å². The average molecular weight is 585 g/mol. The molecule has 0 saturated carbocycles. The number of nitrogens with zero attached hydrogens (tertiary/aromatic N) is 3. The SMILES string of the molecule is CO/N=C(\C(=O)N[C@@H]1C(=O)N2C(C(=O)OC(C)OC(=O)OC(C)C)=CCS[C@H]12)c1csc(NC(=O)[C@H](C)N)n1. The monoisotopic (exact) mass is 584 g/mol. The number of hydrogen-bond acceptors (Lipinski definition) is 14. The predicted molar refractivity (Wildman–Crippen MR) is 139 cm³/mol. The first-order chi connectivity index (χ1) is 18.4. The first-order valence-electron chi connectivity index (χ1n) is 11.6. The van der Waals surface area contributed by atoms with Gasteiger partial charge in [-0.05, 0) is 26.8 Å². The van der Waals surface area contributed by atoms with Crippen LogP contribution in [0.1, 0.15) is 33.4 Å². The molecule has 0 bridgehead atoms. The lowest BCUT2D eigenvalue weighted by molar-refractivity contribution is -0.169. The summed E-state index contributed by atoms with van der Waals surface area (Å²) < 4.78 is 14.8. The minimum atomic E-state index is -1.27. The van der Waals surface area contributed by atoms with E-state index in [0.29, 0.717) is 5.75 Å². The highest BCUT2D eigenvalue weighted by atomic mass is 32.2. The maximum atomic E-state index is 13.0. The van der Waals surface area contributed by atoms with Crippen molar-refractivity contribution in [2.45, 2.75) is 57.5 Å². The smallest absolute Gasteiger partial charge is 0.431 e. The van der Waals surface area contributed by atoms with Crippen LogP contribution in [0, 0.1) is 0 Å². The second-order valence-corrected chi connectivity index (χ2v) is 10.4. The van der Waals surface area contributed by atoms with Gasteiger partial charge in [-0.25, -0.2) is 14.6 Å². The number of oxime groups is 1. The van der Waals surface area contributed by atoms with Gasteiger partial charge in [-0.15, -0.1) is 23.1 Å². The third kappa shape index (κ3) is 7.24. The highest BCUT2D eigenvalue weighted by Crippen LogP contribution is 2.38. The van der Waals surface area contributed by atoms with Gasteiger partial charge < -0.3 is 35.4 Å². The topological polar surface area (TPSA) is 201 Å². The van der Waals surface area contributed by atoms with Gasteiger partial charge in [0.25, 0.3) is 11.8 Å². The van der Waals surface area contributed by atoms with Gasteiger partial charge in [-0.1, -0.05) is 5.16 Å². The van der Waals surface area contributed by atoms with Gasteiger partial charge in [0.1, 0.15) is 29.9 Å². The van der Waals surface area contributed by atoms with E-state index in [9.17, 15) is 24.0 Å². The maximum absolute atomic E-state index is 13.0. The van der Waals surface area contributed by atoms with E-state index < -0.39 is 59.7 Å². The Morgan fingerprint density at radius 3 is 2.54 bits per heavy atom. The van der Waals surface area contributed by atoms with Crippen LogP contribution in [0.2, 0.25) is 0 Å². The number of carbonyl (C=O) groups is 5. The van der Waals surface area contributed by atoms with Crippen molar-refractivity contribution in [2.24, 2.45) is 10.9 Å². The number of rotatable bonds is 10. The van der Waals surface area contributed by atoms with Crippen molar-refractivity contribution in [3.63, 3.8) is 0 Å². The molecule has 3 rings (SSSR count). The van der Waals surface area contributed by atoms with E-state index in [2.05, 4.69) is 20.8 Å². The van der Waals surface area contributed by atoms with E-state index in [-0.39, 0.29) is 22.2 Å². The number of carbonyl (C=O) groups excluding carboxylic acids is 5. The molecule has 17 heteroatoms. The number of ether oxygens (including phenoxy) is 3. The van der Waals surface area contributed by atoms with Crippen molar-refractivity contribution < 1.29 is 43.0 Å². The third-order valence-corrected chi connectivity index (χ3v) is 6.94. The fourth-order valence-corrected chi connectivity index (χ4v) is 5.18. The molecule has 1 aromatic heterocycles. The van der Waals surface area contributed by atoms with Crippen LogP contribution in [0.15, 0.2) is 22.3 Å². The first-order valence-corrected chi connectivity index (χ1v) is 13.5. The molecule has 2 aliphatic heterocycles. The van der Waals surface area contributed by atoms with Crippen molar-refractivity contribution in [3.05, 3.63) is 22.8 Å². The fourth-order valence-electron chi connectivity index (χ4n) is 3.28. The van der Waals surface area contributed by atoms with E-state index in [4.69, 9.17) is 24.8 Å². The molecule has 15 nitrogen and oxygen atoms in total. The maximum Gasteiger partial charge on any atom is 0.511 e. The number of esters is 1. The number of thiazole rings is 1. The van der Waals surface area contributed by atoms with Gasteiger partial charge in [0.15, 0.2) is 10.8 Å². The van der Waals surface area contributed by atoms with Crippen LogP contribution in [-0.2, 0) is 38.2 Å². The van der Waals surface area contributed by atoms with Gasteiger partial charge in [-0.3, -0.25) is 19.3 Å². The summed E-state index contributed by atoms with van der Waals surface area (Å²) in [6, 6.07) is -1.74. The summed E-state index contributed by atoms with van der Waals surface area (Å²) in [7, 11) is 1.24. The van der Waals surface area contributed by atoms with Crippen LogP contribution in [0.3, 0.4) is 0 Å². The lowest BCUT2D eigenvalue weighted by Crippen LogP contribution is -2.70. The lowest BCUT2D eigenvalue weighted by atomic mass is 10.0. The quantitative estimate of drug-likeness (QED) is 0.113. The Labute approximate surface area is 231 Å². The molecule has 0 aromatic carbocycles. The van der Waals surface area contributed by atoms with Crippen molar-refractivity contribution in [3.8, 4) is 0 Å². The molecule has 1 saturated heterocycles. The van der Waals surface area contributed by atoms with Gasteiger partial charge in [-0.2, -0.15) is 0 Å². The Balaban J connectivity index is 1.63. The number of hydrogen-bond donors (Lipinski definition) is 3. The van der Waals surface area contributed by atoms with Gasteiger partial charge in [0.05, 0.1) is 12.1 Å². The molecular formula is C22H28N6O9S2. The molecule has 39 heavy (non-hydrogen) atoms. The highest BCUT2D eigenvalue weighted by molar-refractivity contribution is 8.00. The average Bonchev–Trinajstić information content (AvgIpc) is 3.31. The summed E-state index contributed by atoms with van der Waals surface area (Å²) in [6.07, 6.45) is -1.18. The summed E-state index contributed by atoms with van der Waals surface area (Å²) in [6.45, 7) is 6.11. The Kier molecular flexibility index (Phi) is 9.87. The Hall–Kier alpha value is -3.70. The fraction of sp³-hybridized carbons (Fsp3) is 0.500. The highest BCUT2D eigenvalue weighted by Gasteiger charge is 2.53.